The largest absolute Gasteiger partial charge is 0.0654 e. The number of benzene rings is 2. The molecule has 0 bridgehead atoms. The van der Waals surface area contributed by atoms with Crippen molar-refractivity contribution in [3.05, 3.63) is 71.3 Å². The number of hydrogen-bond acceptors (Lipinski definition) is 0. The van der Waals surface area contributed by atoms with Crippen molar-refractivity contribution in [3.8, 4) is 0 Å². The van der Waals surface area contributed by atoms with E-state index >= 15 is 0 Å². The molecule has 0 aromatic heterocycles. The molecule has 1 unspecified atom stereocenters. The first-order valence-corrected chi connectivity index (χ1v) is 7.23. The first-order valence-electron chi connectivity index (χ1n) is 7.23. The van der Waals surface area contributed by atoms with E-state index in [0.717, 1.165) is 0 Å². The molecular formula is C19H20. The van der Waals surface area contributed by atoms with E-state index in [1.54, 1.807) is 0 Å². The highest BCUT2D eigenvalue weighted by molar-refractivity contribution is 5.85. The zero-order valence-corrected chi connectivity index (χ0v) is 11.5. The highest BCUT2D eigenvalue weighted by Gasteiger charge is 2.21. The average molecular weight is 248 g/mol. The van der Waals surface area contributed by atoms with Crippen molar-refractivity contribution >= 4 is 11.6 Å². The van der Waals surface area contributed by atoms with Gasteiger partial charge in [0.1, 0.15) is 0 Å². The molecule has 96 valence electrons. The van der Waals surface area contributed by atoms with Crippen LogP contribution >= 0.6 is 0 Å². The second-order valence-corrected chi connectivity index (χ2v) is 5.35. The molecule has 0 radical (unpaired) electrons. The van der Waals surface area contributed by atoms with Crippen LogP contribution in [0.2, 0.25) is 0 Å². The lowest BCUT2D eigenvalue weighted by atomic mass is 9.78. The van der Waals surface area contributed by atoms with Crippen LogP contribution in [-0.2, 0) is 6.42 Å². The van der Waals surface area contributed by atoms with Crippen molar-refractivity contribution in [1.82, 2.24) is 0 Å². The van der Waals surface area contributed by atoms with Crippen LogP contribution in [0.5, 0.6) is 0 Å². The standard InChI is InChI=1S/C19H20/c1-2-8-18-13-16-11-6-7-12-17(16)14-19(18)15-9-4-3-5-10-15/h3-7,9-12,14,18H,2,8,13H2,1H3. The van der Waals surface area contributed by atoms with Crippen molar-refractivity contribution in [1.29, 1.82) is 0 Å². The Morgan fingerprint density at radius 3 is 2.47 bits per heavy atom. The molecule has 1 atom stereocenters. The van der Waals surface area contributed by atoms with Gasteiger partial charge in [0.25, 0.3) is 0 Å². The molecule has 0 aliphatic heterocycles. The zero-order chi connectivity index (χ0) is 13.1. The molecule has 2 aromatic rings. The Hall–Kier alpha value is -1.82. The van der Waals surface area contributed by atoms with Crippen molar-refractivity contribution < 1.29 is 0 Å². The maximum absolute atomic E-state index is 2.40. The Kier molecular flexibility index (Phi) is 3.50. The fraction of sp³-hybridized carbons (Fsp3) is 0.263. The highest BCUT2D eigenvalue weighted by atomic mass is 14.3. The van der Waals surface area contributed by atoms with Gasteiger partial charge in [-0.2, -0.15) is 0 Å². The molecule has 0 saturated carbocycles. The van der Waals surface area contributed by atoms with Crippen LogP contribution < -0.4 is 0 Å². The normalized spacial score (nSPS) is 17.7. The van der Waals surface area contributed by atoms with E-state index in [4.69, 9.17) is 0 Å². The quantitative estimate of drug-likeness (QED) is 0.700. The summed E-state index contributed by atoms with van der Waals surface area (Å²) in [5.74, 6) is 0.669. The van der Waals surface area contributed by atoms with E-state index < -0.39 is 0 Å². The molecule has 0 fully saturated rings. The third kappa shape index (κ3) is 2.49. The third-order valence-corrected chi connectivity index (χ3v) is 4.02. The van der Waals surface area contributed by atoms with Crippen molar-refractivity contribution in [2.45, 2.75) is 26.2 Å². The second kappa shape index (κ2) is 5.44. The molecule has 1 aliphatic rings. The monoisotopic (exact) mass is 248 g/mol. The fourth-order valence-corrected chi connectivity index (χ4v) is 3.08. The van der Waals surface area contributed by atoms with Crippen molar-refractivity contribution in [2.75, 3.05) is 0 Å². The van der Waals surface area contributed by atoms with Crippen molar-refractivity contribution in [2.24, 2.45) is 5.92 Å². The van der Waals surface area contributed by atoms with Crippen LogP contribution in [0, 0.1) is 5.92 Å². The molecule has 1 aliphatic carbocycles. The van der Waals surface area contributed by atoms with Crippen LogP contribution in [0.3, 0.4) is 0 Å². The van der Waals surface area contributed by atoms with Gasteiger partial charge in [-0.3, -0.25) is 0 Å². The maximum Gasteiger partial charge on any atom is -0.0115 e. The predicted molar refractivity (Wildman–Crippen MR) is 82.9 cm³/mol. The Morgan fingerprint density at radius 2 is 1.68 bits per heavy atom. The summed E-state index contributed by atoms with van der Waals surface area (Å²) in [6, 6.07) is 19.7. The second-order valence-electron chi connectivity index (χ2n) is 5.35. The lowest BCUT2D eigenvalue weighted by Crippen LogP contribution is -2.12. The van der Waals surface area contributed by atoms with E-state index in [2.05, 4.69) is 67.6 Å². The van der Waals surface area contributed by atoms with E-state index in [-0.39, 0.29) is 0 Å². The Balaban J connectivity index is 2.05. The molecule has 0 heteroatoms. The van der Waals surface area contributed by atoms with Gasteiger partial charge in [-0.25, -0.2) is 0 Å². The molecule has 0 amide bonds. The first-order chi connectivity index (χ1) is 9.38. The van der Waals surface area contributed by atoms with Crippen LogP contribution in [0.25, 0.3) is 11.6 Å². The summed E-state index contributed by atoms with van der Waals surface area (Å²) in [4.78, 5) is 0. The van der Waals surface area contributed by atoms with Crippen molar-refractivity contribution in [3.63, 3.8) is 0 Å². The SMILES string of the molecule is CCCC1Cc2ccccc2C=C1c1ccccc1. The summed E-state index contributed by atoms with van der Waals surface area (Å²) in [6.07, 6.45) is 6.10. The van der Waals surface area contributed by atoms with E-state index in [1.807, 2.05) is 0 Å². The molecule has 19 heavy (non-hydrogen) atoms. The summed E-state index contributed by atoms with van der Waals surface area (Å²) < 4.78 is 0. The lowest BCUT2D eigenvalue weighted by Gasteiger charge is -2.26. The molecule has 0 nitrogen and oxygen atoms in total. The van der Waals surface area contributed by atoms with Gasteiger partial charge in [0, 0.05) is 0 Å². The summed E-state index contributed by atoms with van der Waals surface area (Å²) in [7, 11) is 0. The van der Waals surface area contributed by atoms with Gasteiger partial charge in [-0.05, 0) is 41.0 Å². The summed E-state index contributed by atoms with van der Waals surface area (Å²) in [5, 5.41) is 0. The van der Waals surface area contributed by atoms with Gasteiger partial charge in [0.15, 0.2) is 0 Å². The minimum Gasteiger partial charge on any atom is -0.0654 e. The average Bonchev–Trinajstić information content (AvgIpc) is 2.48. The number of allylic oxidation sites excluding steroid dienone is 1. The minimum atomic E-state index is 0.669. The predicted octanol–water partition coefficient (Wildman–Crippen LogP) is 5.20. The van der Waals surface area contributed by atoms with Gasteiger partial charge in [-0.1, -0.05) is 74.0 Å². The molecule has 0 spiro atoms. The minimum absolute atomic E-state index is 0.669. The summed E-state index contributed by atoms with van der Waals surface area (Å²) in [5.41, 5.74) is 5.80. The molecule has 3 rings (SSSR count). The molecule has 0 saturated heterocycles. The van der Waals surface area contributed by atoms with Crippen LogP contribution in [0.4, 0.5) is 0 Å². The Morgan fingerprint density at radius 1 is 0.947 bits per heavy atom. The molecule has 0 N–H and O–H groups in total. The smallest absolute Gasteiger partial charge is 0.0115 e. The molecule has 2 aromatic carbocycles. The summed E-state index contributed by atoms with van der Waals surface area (Å²) >= 11 is 0. The van der Waals surface area contributed by atoms with Gasteiger partial charge in [-0.15, -0.1) is 0 Å². The molecular weight excluding hydrogens is 228 g/mol. The van der Waals surface area contributed by atoms with E-state index in [9.17, 15) is 0 Å². The number of rotatable bonds is 3. The Labute approximate surface area is 115 Å². The fourth-order valence-electron chi connectivity index (χ4n) is 3.08. The van der Waals surface area contributed by atoms with Gasteiger partial charge >= 0.3 is 0 Å². The molecule has 0 heterocycles. The van der Waals surface area contributed by atoms with Gasteiger partial charge in [0.05, 0.1) is 0 Å². The van der Waals surface area contributed by atoms with Gasteiger partial charge < -0.3 is 0 Å². The Bertz CT molecular complexity index is 578. The third-order valence-electron chi connectivity index (χ3n) is 4.02. The topological polar surface area (TPSA) is 0 Å². The van der Waals surface area contributed by atoms with Crippen LogP contribution in [0.15, 0.2) is 54.6 Å². The van der Waals surface area contributed by atoms with E-state index in [0.29, 0.717) is 5.92 Å². The first kappa shape index (κ1) is 12.2. The van der Waals surface area contributed by atoms with Gasteiger partial charge in [0.2, 0.25) is 0 Å². The van der Waals surface area contributed by atoms with Crippen LogP contribution in [0.1, 0.15) is 36.5 Å². The van der Waals surface area contributed by atoms with E-state index in [1.165, 1.54) is 41.5 Å². The lowest BCUT2D eigenvalue weighted by molar-refractivity contribution is 0.590. The van der Waals surface area contributed by atoms with Crippen LogP contribution in [-0.4, -0.2) is 0 Å². The zero-order valence-electron chi connectivity index (χ0n) is 11.5. The number of fused-ring (bicyclic) bond motifs is 1. The maximum atomic E-state index is 2.40. The highest BCUT2D eigenvalue weighted by Crippen LogP contribution is 2.37. The number of hydrogen-bond donors (Lipinski definition) is 0. The summed E-state index contributed by atoms with van der Waals surface area (Å²) in [6.45, 7) is 2.28.